The fraction of sp³-hybridized carbons (Fsp3) is 0.526. The number of hydrogen-bond donors (Lipinski definition) is 2. The van der Waals surface area contributed by atoms with Crippen molar-refractivity contribution >= 4 is 6.03 Å². The highest BCUT2D eigenvalue weighted by Crippen LogP contribution is 2.43. The lowest BCUT2D eigenvalue weighted by Crippen LogP contribution is -2.44. The summed E-state index contributed by atoms with van der Waals surface area (Å²) in [4.78, 5) is 20.6. The molecule has 2 N–H and O–H groups in total. The van der Waals surface area contributed by atoms with Gasteiger partial charge in [-0.3, -0.25) is 4.57 Å². The van der Waals surface area contributed by atoms with E-state index in [1.54, 1.807) is 18.7 Å². The Morgan fingerprint density at radius 1 is 1.24 bits per heavy atom. The minimum absolute atomic E-state index is 0. The highest BCUT2D eigenvalue weighted by Gasteiger charge is 2.34. The average molecular weight is 343 g/mol. The van der Waals surface area contributed by atoms with E-state index in [2.05, 4.69) is 20.6 Å². The van der Waals surface area contributed by atoms with E-state index in [1.165, 1.54) is 25.7 Å². The molecule has 2 aliphatic rings. The maximum atomic E-state index is 12.2. The topological polar surface area (TPSA) is 71.8 Å². The quantitative estimate of drug-likeness (QED) is 0.872. The highest BCUT2D eigenvalue weighted by molar-refractivity contribution is 5.74. The third kappa shape index (κ3) is 4.18. The van der Waals surface area contributed by atoms with Crippen molar-refractivity contribution < 1.29 is 7.65 Å². The van der Waals surface area contributed by atoms with Gasteiger partial charge in [-0.25, -0.2) is 14.8 Å². The van der Waals surface area contributed by atoms with Crippen LogP contribution in [0.2, 0.25) is 0 Å². The molecule has 0 aliphatic heterocycles. The smallest absolute Gasteiger partial charge is 0.315 e. The SMILES string of the molecule is O=C(NCc1ccnc(-n2ccnc2)c1)NC1CCCC(C2CC2)C1.[HH].[HH]. The summed E-state index contributed by atoms with van der Waals surface area (Å²) >= 11 is 0. The third-order valence-corrected chi connectivity index (χ3v) is 5.37. The molecule has 0 saturated heterocycles. The molecule has 0 aromatic carbocycles. The van der Waals surface area contributed by atoms with Crippen molar-refractivity contribution in [2.75, 3.05) is 0 Å². The molecule has 2 atom stereocenters. The van der Waals surface area contributed by atoms with Crippen molar-refractivity contribution in [1.82, 2.24) is 25.2 Å². The molecular weight excluding hydrogens is 314 g/mol. The van der Waals surface area contributed by atoms with Gasteiger partial charge in [-0.2, -0.15) is 0 Å². The Morgan fingerprint density at radius 2 is 2.16 bits per heavy atom. The van der Waals surface area contributed by atoms with E-state index in [0.717, 1.165) is 36.1 Å². The van der Waals surface area contributed by atoms with Crippen molar-refractivity contribution in [3.63, 3.8) is 0 Å². The van der Waals surface area contributed by atoms with Crippen LogP contribution >= 0.6 is 0 Å². The Morgan fingerprint density at radius 3 is 2.96 bits per heavy atom. The second-order valence-electron chi connectivity index (χ2n) is 7.28. The van der Waals surface area contributed by atoms with Crippen molar-refractivity contribution in [2.45, 2.75) is 51.1 Å². The predicted molar refractivity (Wildman–Crippen MR) is 99.4 cm³/mol. The van der Waals surface area contributed by atoms with Gasteiger partial charge in [0, 0.05) is 34.0 Å². The van der Waals surface area contributed by atoms with Crippen LogP contribution in [0.4, 0.5) is 4.79 Å². The molecule has 2 aromatic heterocycles. The molecule has 6 nitrogen and oxygen atoms in total. The van der Waals surface area contributed by atoms with Gasteiger partial charge in [-0.05, 0) is 55.2 Å². The van der Waals surface area contributed by atoms with Gasteiger partial charge in [0.15, 0.2) is 0 Å². The number of urea groups is 1. The largest absolute Gasteiger partial charge is 0.335 e. The van der Waals surface area contributed by atoms with Crippen LogP contribution in [0.15, 0.2) is 37.1 Å². The standard InChI is InChI=1S/C19H25N5O.2H2/c25-19(23-17-3-1-2-16(11-17)15-4-5-15)22-12-14-6-7-21-18(10-14)24-9-8-20-13-24;;/h6-10,13,15-17H,1-5,11-12H2,(H2,22,23,25);2*1H. The summed E-state index contributed by atoms with van der Waals surface area (Å²) in [6.45, 7) is 0.495. The summed E-state index contributed by atoms with van der Waals surface area (Å²) in [5, 5.41) is 6.14. The molecule has 2 fully saturated rings. The Hall–Kier alpha value is -2.37. The van der Waals surface area contributed by atoms with Crippen LogP contribution in [0.5, 0.6) is 0 Å². The molecule has 6 heteroatoms. The lowest BCUT2D eigenvalue weighted by molar-refractivity contribution is 0.220. The number of rotatable bonds is 5. The lowest BCUT2D eigenvalue weighted by atomic mass is 9.83. The number of nitrogens with one attached hydrogen (secondary N) is 2. The minimum atomic E-state index is -0.0672. The van der Waals surface area contributed by atoms with Crippen molar-refractivity contribution in [2.24, 2.45) is 11.8 Å². The van der Waals surface area contributed by atoms with Crippen LogP contribution < -0.4 is 10.6 Å². The number of hydrogen-bond acceptors (Lipinski definition) is 3. The van der Waals surface area contributed by atoms with Crippen LogP contribution in [0, 0.1) is 11.8 Å². The fourth-order valence-electron chi connectivity index (χ4n) is 3.88. The van der Waals surface area contributed by atoms with Crippen LogP contribution in [0.25, 0.3) is 5.82 Å². The number of amides is 2. The molecule has 2 aliphatic carbocycles. The molecule has 0 bridgehead atoms. The van der Waals surface area contributed by atoms with Gasteiger partial charge < -0.3 is 10.6 Å². The molecule has 2 heterocycles. The summed E-state index contributed by atoms with van der Waals surface area (Å²) < 4.78 is 1.85. The van der Waals surface area contributed by atoms with Gasteiger partial charge in [0.2, 0.25) is 0 Å². The van der Waals surface area contributed by atoms with Crippen molar-refractivity contribution in [3.8, 4) is 5.82 Å². The summed E-state index contributed by atoms with van der Waals surface area (Å²) in [5.41, 5.74) is 1.02. The molecule has 4 rings (SSSR count). The molecule has 2 unspecified atom stereocenters. The van der Waals surface area contributed by atoms with Crippen LogP contribution in [0.1, 0.15) is 46.9 Å². The summed E-state index contributed by atoms with van der Waals surface area (Å²) in [6, 6.07) is 4.15. The first kappa shape index (κ1) is 16.1. The maximum Gasteiger partial charge on any atom is 0.315 e. The Balaban J connectivity index is 0.00000131. The second kappa shape index (κ2) is 7.25. The second-order valence-corrected chi connectivity index (χ2v) is 7.28. The molecular formula is C19H29N5O. The number of carbonyl (C=O) groups is 1. The number of nitrogens with zero attached hydrogens (tertiary/aromatic N) is 3. The first-order chi connectivity index (χ1) is 12.3. The van der Waals surface area contributed by atoms with E-state index in [1.807, 2.05) is 22.9 Å². The van der Waals surface area contributed by atoms with Gasteiger partial charge in [0.05, 0.1) is 0 Å². The minimum Gasteiger partial charge on any atom is -0.335 e. The molecule has 2 aromatic rings. The first-order valence-electron chi connectivity index (χ1n) is 9.25. The molecule has 25 heavy (non-hydrogen) atoms. The number of aromatic nitrogens is 3. The number of pyridine rings is 1. The first-order valence-corrected chi connectivity index (χ1v) is 9.25. The van der Waals surface area contributed by atoms with E-state index in [-0.39, 0.29) is 8.88 Å². The van der Waals surface area contributed by atoms with Crippen LogP contribution in [-0.2, 0) is 6.54 Å². The summed E-state index contributed by atoms with van der Waals surface area (Å²) in [5.74, 6) is 2.57. The Bertz CT molecular complexity index is 721. The number of imidazole rings is 1. The molecule has 0 spiro atoms. The van der Waals surface area contributed by atoms with Gasteiger partial charge in [0.1, 0.15) is 12.1 Å². The zero-order valence-corrected chi connectivity index (χ0v) is 14.4. The van der Waals surface area contributed by atoms with Gasteiger partial charge in [0.25, 0.3) is 0 Å². The van der Waals surface area contributed by atoms with E-state index < -0.39 is 0 Å². The molecule has 2 saturated carbocycles. The predicted octanol–water partition coefficient (Wildman–Crippen LogP) is 3.53. The van der Waals surface area contributed by atoms with E-state index in [0.29, 0.717) is 12.6 Å². The van der Waals surface area contributed by atoms with E-state index >= 15 is 0 Å². The van der Waals surface area contributed by atoms with E-state index in [4.69, 9.17) is 0 Å². The maximum absolute atomic E-state index is 12.2. The highest BCUT2D eigenvalue weighted by atomic mass is 16.2. The van der Waals surface area contributed by atoms with Crippen LogP contribution in [-0.4, -0.2) is 26.6 Å². The number of carbonyl (C=O) groups excluding carboxylic acids is 1. The average Bonchev–Trinajstić information content (AvgIpc) is 3.35. The fourth-order valence-corrected chi connectivity index (χ4v) is 3.88. The normalized spacial score (nSPS) is 23.2. The van der Waals surface area contributed by atoms with Crippen molar-refractivity contribution in [3.05, 3.63) is 42.6 Å². The zero-order valence-electron chi connectivity index (χ0n) is 14.4. The summed E-state index contributed by atoms with van der Waals surface area (Å²) in [6.07, 6.45) is 14.7. The van der Waals surface area contributed by atoms with Crippen LogP contribution in [0.3, 0.4) is 0 Å². The molecule has 136 valence electrons. The van der Waals surface area contributed by atoms with Gasteiger partial charge in [-0.1, -0.05) is 12.8 Å². The lowest BCUT2D eigenvalue weighted by Gasteiger charge is -2.29. The third-order valence-electron chi connectivity index (χ3n) is 5.37. The van der Waals surface area contributed by atoms with Crippen molar-refractivity contribution in [1.29, 1.82) is 0 Å². The van der Waals surface area contributed by atoms with Gasteiger partial charge >= 0.3 is 6.03 Å². The van der Waals surface area contributed by atoms with Gasteiger partial charge in [-0.15, -0.1) is 0 Å². The zero-order chi connectivity index (χ0) is 17.1. The molecule has 2 amide bonds. The Kier molecular flexibility index (Phi) is 4.68. The monoisotopic (exact) mass is 343 g/mol. The molecule has 0 radical (unpaired) electrons. The summed E-state index contributed by atoms with van der Waals surface area (Å²) in [7, 11) is 0. The Labute approximate surface area is 151 Å². The van der Waals surface area contributed by atoms with E-state index in [9.17, 15) is 4.79 Å².